The van der Waals surface area contributed by atoms with E-state index in [2.05, 4.69) is 51.9 Å². The van der Waals surface area contributed by atoms with Gasteiger partial charge in [-0.3, -0.25) is 9.69 Å². The summed E-state index contributed by atoms with van der Waals surface area (Å²) in [6.07, 6.45) is 3.14. The summed E-state index contributed by atoms with van der Waals surface area (Å²) in [4.78, 5) is 17.2. The van der Waals surface area contributed by atoms with Gasteiger partial charge in [0, 0.05) is 43.9 Å². The molecular weight excluding hydrogens is 322 g/mol. The summed E-state index contributed by atoms with van der Waals surface area (Å²) in [6.45, 7) is 4.28. The highest BCUT2D eigenvalue weighted by atomic mass is 16.2. The number of aromatic nitrogens is 1. The van der Waals surface area contributed by atoms with Crippen molar-refractivity contribution in [3.63, 3.8) is 0 Å². The molecule has 3 aromatic rings. The monoisotopic (exact) mass is 345 g/mol. The molecule has 0 aliphatic carbocycles. The van der Waals surface area contributed by atoms with Gasteiger partial charge in [-0.15, -0.1) is 0 Å². The summed E-state index contributed by atoms with van der Waals surface area (Å²) >= 11 is 0. The molecule has 2 aliphatic rings. The van der Waals surface area contributed by atoms with Crippen LogP contribution in [0, 0.1) is 0 Å². The number of fused-ring (bicyclic) bond motifs is 2. The molecule has 4 heteroatoms. The first-order valence-electron chi connectivity index (χ1n) is 9.40. The van der Waals surface area contributed by atoms with Crippen LogP contribution >= 0.6 is 0 Å². The summed E-state index contributed by atoms with van der Waals surface area (Å²) in [7, 11) is 0. The van der Waals surface area contributed by atoms with Gasteiger partial charge in [-0.1, -0.05) is 42.5 Å². The molecule has 2 aliphatic heterocycles. The molecule has 0 saturated carbocycles. The van der Waals surface area contributed by atoms with E-state index in [0.29, 0.717) is 12.6 Å². The molecule has 5 rings (SSSR count). The second-order valence-corrected chi connectivity index (χ2v) is 7.44. The van der Waals surface area contributed by atoms with Crippen LogP contribution in [0.1, 0.15) is 11.1 Å². The average molecular weight is 345 g/mol. The third-order valence-electron chi connectivity index (χ3n) is 5.88. The molecule has 0 spiro atoms. The molecule has 26 heavy (non-hydrogen) atoms. The highest BCUT2D eigenvalue weighted by Gasteiger charge is 2.35. The molecule has 1 amide bonds. The Bertz CT molecular complexity index is 955. The zero-order chi connectivity index (χ0) is 17.5. The number of benzene rings is 2. The SMILES string of the molecule is O=C(Cn1ccc2ccccc21)N1CC(N2CCc3ccccc3C2)C1. The topological polar surface area (TPSA) is 28.5 Å². The summed E-state index contributed by atoms with van der Waals surface area (Å²) < 4.78 is 2.06. The zero-order valence-corrected chi connectivity index (χ0v) is 14.8. The number of hydrogen-bond acceptors (Lipinski definition) is 2. The highest BCUT2D eigenvalue weighted by molar-refractivity contribution is 5.83. The van der Waals surface area contributed by atoms with E-state index in [4.69, 9.17) is 0 Å². The maximum atomic E-state index is 12.6. The summed E-state index contributed by atoms with van der Waals surface area (Å²) in [5.41, 5.74) is 4.06. The Morgan fingerprint density at radius 1 is 0.962 bits per heavy atom. The fourth-order valence-corrected chi connectivity index (χ4v) is 4.24. The van der Waals surface area contributed by atoms with Crippen molar-refractivity contribution in [1.29, 1.82) is 0 Å². The molecule has 2 aromatic carbocycles. The van der Waals surface area contributed by atoms with E-state index >= 15 is 0 Å². The van der Waals surface area contributed by atoms with Gasteiger partial charge in [-0.25, -0.2) is 0 Å². The molecule has 1 fully saturated rings. The van der Waals surface area contributed by atoms with E-state index in [-0.39, 0.29) is 5.91 Å². The Labute approximate surface area is 153 Å². The highest BCUT2D eigenvalue weighted by Crippen LogP contribution is 2.25. The van der Waals surface area contributed by atoms with Crippen molar-refractivity contribution in [2.24, 2.45) is 0 Å². The first-order valence-corrected chi connectivity index (χ1v) is 9.40. The summed E-state index contributed by atoms with van der Waals surface area (Å²) in [5, 5.41) is 1.19. The Kier molecular flexibility index (Phi) is 3.79. The number of hydrogen-bond donors (Lipinski definition) is 0. The van der Waals surface area contributed by atoms with E-state index in [1.807, 2.05) is 23.2 Å². The number of nitrogens with zero attached hydrogens (tertiary/aromatic N) is 3. The van der Waals surface area contributed by atoms with Crippen LogP contribution in [0.3, 0.4) is 0 Å². The third-order valence-corrected chi connectivity index (χ3v) is 5.88. The van der Waals surface area contributed by atoms with Crippen molar-refractivity contribution in [2.45, 2.75) is 25.6 Å². The lowest BCUT2D eigenvalue weighted by Gasteiger charge is -2.47. The van der Waals surface area contributed by atoms with Gasteiger partial charge in [0.15, 0.2) is 0 Å². The van der Waals surface area contributed by atoms with E-state index < -0.39 is 0 Å². The second-order valence-electron chi connectivity index (χ2n) is 7.44. The van der Waals surface area contributed by atoms with Gasteiger partial charge in [-0.2, -0.15) is 0 Å². The quantitative estimate of drug-likeness (QED) is 0.730. The van der Waals surface area contributed by atoms with Crippen LogP contribution in [0.4, 0.5) is 0 Å². The van der Waals surface area contributed by atoms with Crippen molar-refractivity contribution in [3.05, 3.63) is 71.9 Å². The van der Waals surface area contributed by atoms with Crippen molar-refractivity contribution < 1.29 is 4.79 Å². The molecule has 3 heterocycles. The minimum Gasteiger partial charge on any atom is -0.338 e. The maximum absolute atomic E-state index is 12.6. The first kappa shape index (κ1) is 15.6. The van der Waals surface area contributed by atoms with Gasteiger partial charge in [-0.05, 0) is 35.1 Å². The van der Waals surface area contributed by atoms with Crippen molar-refractivity contribution in [3.8, 4) is 0 Å². The largest absolute Gasteiger partial charge is 0.338 e. The minimum absolute atomic E-state index is 0.222. The molecule has 0 atom stereocenters. The minimum atomic E-state index is 0.222. The van der Waals surface area contributed by atoms with Crippen LogP contribution in [0.5, 0.6) is 0 Å². The number of rotatable bonds is 3. The predicted molar refractivity (Wildman–Crippen MR) is 103 cm³/mol. The van der Waals surface area contributed by atoms with Crippen molar-refractivity contribution >= 4 is 16.8 Å². The molecule has 0 N–H and O–H groups in total. The average Bonchev–Trinajstić information content (AvgIpc) is 3.03. The van der Waals surface area contributed by atoms with Crippen LogP contribution in [0.15, 0.2) is 60.8 Å². The standard InChI is InChI=1S/C22H23N3O/c26-22(16-24-12-10-18-6-3-4-8-21(18)24)25-14-20(15-25)23-11-9-17-5-1-2-7-19(17)13-23/h1-8,10,12,20H,9,11,13-16H2. The van der Waals surface area contributed by atoms with E-state index in [1.165, 1.54) is 16.5 Å². The van der Waals surface area contributed by atoms with Crippen LogP contribution in [0.2, 0.25) is 0 Å². The number of para-hydroxylation sites is 1. The lowest BCUT2D eigenvalue weighted by molar-refractivity contribution is -0.139. The summed E-state index contributed by atoms with van der Waals surface area (Å²) in [5.74, 6) is 0.222. The lowest BCUT2D eigenvalue weighted by Crippen LogP contribution is -2.62. The molecule has 132 valence electrons. The van der Waals surface area contributed by atoms with Crippen LogP contribution < -0.4 is 0 Å². The number of carbonyl (C=O) groups is 1. The number of likely N-dealkylation sites (tertiary alicyclic amines) is 1. The Morgan fingerprint density at radius 3 is 2.62 bits per heavy atom. The van der Waals surface area contributed by atoms with Gasteiger partial charge < -0.3 is 9.47 Å². The van der Waals surface area contributed by atoms with Crippen molar-refractivity contribution in [1.82, 2.24) is 14.4 Å². The molecule has 0 bridgehead atoms. The molecule has 4 nitrogen and oxygen atoms in total. The summed E-state index contributed by atoms with van der Waals surface area (Å²) in [6, 6.07) is 19.5. The Morgan fingerprint density at radius 2 is 1.73 bits per heavy atom. The molecular formula is C22H23N3O. The maximum Gasteiger partial charge on any atom is 0.242 e. The predicted octanol–water partition coefficient (Wildman–Crippen LogP) is 2.91. The second kappa shape index (κ2) is 6.29. The van der Waals surface area contributed by atoms with Crippen LogP contribution in [-0.2, 0) is 24.3 Å². The number of amides is 1. The fourth-order valence-electron chi connectivity index (χ4n) is 4.24. The van der Waals surface area contributed by atoms with E-state index in [1.54, 1.807) is 0 Å². The van der Waals surface area contributed by atoms with E-state index in [0.717, 1.165) is 38.1 Å². The van der Waals surface area contributed by atoms with Gasteiger partial charge in [0.25, 0.3) is 0 Å². The fraction of sp³-hybridized carbons (Fsp3) is 0.318. The molecule has 0 unspecified atom stereocenters. The van der Waals surface area contributed by atoms with Gasteiger partial charge in [0.05, 0.1) is 0 Å². The Balaban J connectivity index is 1.20. The first-order chi connectivity index (χ1) is 12.8. The molecule has 0 radical (unpaired) electrons. The van der Waals surface area contributed by atoms with Crippen LogP contribution in [0.25, 0.3) is 10.9 Å². The van der Waals surface area contributed by atoms with Crippen molar-refractivity contribution in [2.75, 3.05) is 19.6 Å². The Hall–Kier alpha value is -2.59. The van der Waals surface area contributed by atoms with Gasteiger partial charge >= 0.3 is 0 Å². The smallest absolute Gasteiger partial charge is 0.242 e. The molecule has 1 saturated heterocycles. The van der Waals surface area contributed by atoms with Gasteiger partial charge in [0.1, 0.15) is 6.54 Å². The number of carbonyl (C=O) groups excluding carboxylic acids is 1. The lowest BCUT2D eigenvalue weighted by atomic mass is 9.96. The van der Waals surface area contributed by atoms with Gasteiger partial charge in [0.2, 0.25) is 5.91 Å². The molecule has 1 aromatic heterocycles. The third kappa shape index (κ3) is 2.71. The van der Waals surface area contributed by atoms with E-state index in [9.17, 15) is 4.79 Å². The zero-order valence-electron chi connectivity index (χ0n) is 14.8. The normalized spacial score (nSPS) is 17.9. The van der Waals surface area contributed by atoms with Crippen LogP contribution in [-0.4, -0.2) is 46.0 Å².